The third kappa shape index (κ3) is 5.87. The molecule has 0 aliphatic carbocycles. The summed E-state index contributed by atoms with van der Waals surface area (Å²) in [5, 5.41) is 17.8. The van der Waals surface area contributed by atoms with Crippen LogP contribution in [0.15, 0.2) is 73.2 Å². The Morgan fingerprint density at radius 1 is 1.24 bits per heavy atom. The number of imidazole rings is 1. The predicted octanol–water partition coefficient (Wildman–Crippen LogP) is 4.50. The van der Waals surface area contributed by atoms with E-state index in [-0.39, 0.29) is 17.7 Å². The van der Waals surface area contributed by atoms with Crippen molar-refractivity contribution in [3.63, 3.8) is 0 Å². The summed E-state index contributed by atoms with van der Waals surface area (Å²) in [6.07, 6.45) is 11.1. The summed E-state index contributed by atoms with van der Waals surface area (Å²) in [6, 6.07) is 12.4. The largest absolute Gasteiger partial charge is 0.342 e. The maximum absolute atomic E-state index is 13.0. The van der Waals surface area contributed by atoms with E-state index in [4.69, 9.17) is 11.6 Å². The van der Waals surface area contributed by atoms with Crippen molar-refractivity contribution in [2.75, 3.05) is 5.32 Å². The normalized spacial score (nSPS) is 17.7. The van der Waals surface area contributed by atoms with Crippen molar-refractivity contribution in [3.05, 3.63) is 89.6 Å². The molecule has 10 nitrogen and oxygen atoms in total. The second kappa shape index (κ2) is 11.2. The zero-order chi connectivity index (χ0) is 26.5. The van der Waals surface area contributed by atoms with E-state index in [0.717, 1.165) is 11.3 Å². The summed E-state index contributed by atoms with van der Waals surface area (Å²) in [4.78, 5) is 33.5. The van der Waals surface area contributed by atoms with Crippen LogP contribution in [-0.4, -0.2) is 42.0 Å². The molecule has 11 heteroatoms. The van der Waals surface area contributed by atoms with E-state index in [1.165, 1.54) is 17.1 Å². The van der Waals surface area contributed by atoms with E-state index < -0.39 is 6.04 Å². The first kappa shape index (κ1) is 25.1. The minimum absolute atomic E-state index is 0.0259. The van der Waals surface area contributed by atoms with Crippen molar-refractivity contribution in [2.45, 2.75) is 25.8 Å². The van der Waals surface area contributed by atoms with Crippen molar-refractivity contribution >= 4 is 35.2 Å². The second-order valence-corrected chi connectivity index (χ2v) is 9.41. The molecule has 1 aliphatic rings. The number of para-hydroxylation sites is 1. The third-order valence-electron chi connectivity index (χ3n) is 6.08. The molecule has 0 saturated carbocycles. The van der Waals surface area contributed by atoms with Gasteiger partial charge >= 0.3 is 0 Å². The number of nitrogens with one attached hydrogen (secondary N) is 3. The molecular formula is C27H25ClN8O2. The predicted molar refractivity (Wildman–Crippen MR) is 144 cm³/mol. The molecule has 0 fully saturated rings. The first-order valence-electron chi connectivity index (χ1n) is 12.1. The average molecular weight is 529 g/mol. The fourth-order valence-corrected chi connectivity index (χ4v) is 4.43. The highest BCUT2D eigenvalue weighted by atomic mass is 35.5. The Bertz CT molecular complexity index is 1510. The fraction of sp³-hybridized carbons (Fsp3) is 0.185. The molecule has 0 spiro atoms. The smallest absolute Gasteiger partial charge is 0.244 e. The molecule has 2 bridgehead atoms. The Balaban J connectivity index is 1.41. The van der Waals surface area contributed by atoms with Crippen molar-refractivity contribution < 1.29 is 9.59 Å². The molecule has 2 aromatic heterocycles. The molecule has 1 unspecified atom stereocenters. The summed E-state index contributed by atoms with van der Waals surface area (Å²) >= 11 is 6.19. The highest BCUT2D eigenvalue weighted by molar-refractivity contribution is 6.30. The number of carbonyl (C=O) groups excluding carboxylic acids is 2. The van der Waals surface area contributed by atoms with Gasteiger partial charge in [0.05, 0.1) is 29.3 Å². The van der Waals surface area contributed by atoms with E-state index in [9.17, 15) is 9.59 Å². The van der Waals surface area contributed by atoms with Crippen LogP contribution in [0.2, 0.25) is 5.02 Å². The third-order valence-corrected chi connectivity index (χ3v) is 6.31. The standard InChI is InChI=1S/C27H25ClN8O2/c1-17-5-4-8-22(27-29-15-23(33-27)20-6-2-3-7-21(20)31-26(38)13-17)32-25(37)12-9-18-14-19(28)10-11-24(18)36-16-30-34-35-36/h2-7,9-12,14-17,22H,8,13H2,1H3,(H,29,33)(H,31,38)(H,32,37)/t17-,22?/m1/s1. The Morgan fingerprint density at radius 2 is 2.11 bits per heavy atom. The van der Waals surface area contributed by atoms with Crippen LogP contribution in [-0.2, 0) is 9.59 Å². The number of aromatic amines is 1. The number of nitrogens with zero attached hydrogens (tertiary/aromatic N) is 5. The van der Waals surface area contributed by atoms with Crippen LogP contribution in [0.1, 0.15) is 37.2 Å². The quantitative estimate of drug-likeness (QED) is 0.264. The number of halogens is 1. The van der Waals surface area contributed by atoms with Crippen LogP contribution >= 0.6 is 11.6 Å². The lowest BCUT2D eigenvalue weighted by molar-refractivity contribution is -0.117. The van der Waals surface area contributed by atoms with Gasteiger partial charge in [0, 0.05) is 28.6 Å². The van der Waals surface area contributed by atoms with Gasteiger partial charge in [0.15, 0.2) is 0 Å². The highest BCUT2D eigenvalue weighted by Crippen LogP contribution is 2.29. The Kier molecular flexibility index (Phi) is 7.41. The van der Waals surface area contributed by atoms with Gasteiger partial charge in [0.25, 0.3) is 0 Å². The van der Waals surface area contributed by atoms with Crippen LogP contribution < -0.4 is 10.6 Å². The van der Waals surface area contributed by atoms with Crippen LogP contribution in [0.25, 0.3) is 23.0 Å². The number of benzene rings is 2. The molecule has 192 valence electrons. The van der Waals surface area contributed by atoms with Gasteiger partial charge < -0.3 is 15.6 Å². The fourth-order valence-electron chi connectivity index (χ4n) is 4.25. The van der Waals surface area contributed by atoms with Gasteiger partial charge in [-0.1, -0.05) is 48.9 Å². The van der Waals surface area contributed by atoms with E-state index in [1.807, 2.05) is 43.3 Å². The lowest BCUT2D eigenvalue weighted by Gasteiger charge is -2.14. The maximum atomic E-state index is 13.0. The molecule has 3 N–H and O–H groups in total. The van der Waals surface area contributed by atoms with Crippen LogP contribution in [0.3, 0.4) is 0 Å². The Labute approximate surface area is 223 Å². The summed E-state index contributed by atoms with van der Waals surface area (Å²) in [7, 11) is 0. The van der Waals surface area contributed by atoms with Gasteiger partial charge in [0.2, 0.25) is 11.8 Å². The van der Waals surface area contributed by atoms with Gasteiger partial charge in [-0.05, 0) is 53.1 Å². The molecule has 0 saturated heterocycles. The SMILES string of the molecule is C[C@@H]1C=CCC(NC(=O)C=Cc2cc(Cl)ccc2-n2cnnn2)c2ncc([nH]2)-c2ccccc2NC(=O)C1. The number of carbonyl (C=O) groups is 2. The molecule has 0 radical (unpaired) electrons. The summed E-state index contributed by atoms with van der Waals surface area (Å²) in [6.45, 7) is 1.98. The van der Waals surface area contributed by atoms with E-state index in [1.54, 1.807) is 30.5 Å². The zero-order valence-corrected chi connectivity index (χ0v) is 21.3. The second-order valence-electron chi connectivity index (χ2n) is 8.97. The number of tetrazole rings is 1. The van der Waals surface area contributed by atoms with Crippen molar-refractivity contribution in [3.8, 4) is 16.9 Å². The van der Waals surface area contributed by atoms with E-state index in [2.05, 4.69) is 36.1 Å². The number of fused-ring (bicyclic) bond motifs is 4. The topological polar surface area (TPSA) is 130 Å². The lowest BCUT2D eigenvalue weighted by atomic mass is 10.0. The molecule has 1 aliphatic heterocycles. The van der Waals surface area contributed by atoms with E-state index in [0.29, 0.717) is 40.6 Å². The van der Waals surface area contributed by atoms with Crippen molar-refractivity contribution in [2.24, 2.45) is 5.92 Å². The van der Waals surface area contributed by atoms with Crippen LogP contribution in [0.4, 0.5) is 5.69 Å². The molecule has 38 heavy (non-hydrogen) atoms. The number of amides is 2. The molecule has 2 aromatic carbocycles. The van der Waals surface area contributed by atoms with Gasteiger partial charge in [-0.3, -0.25) is 9.59 Å². The monoisotopic (exact) mass is 528 g/mol. The minimum Gasteiger partial charge on any atom is -0.342 e. The highest BCUT2D eigenvalue weighted by Gasteiger charge is 2.19. The van der Waals surface area contributed by atoms with Crippen LogP contribution in [0, 0.1) is 5.92 Å². The van der Waals surface area contributed by atoms with Crippen molar-refractivity contribution in [1.82, 2.24) is 35.5 Å². The molecule has 2 amide bonds. The van der Waals surface area contributed by atoms with Gasteiger partial charge in [-0.25, -0.2) is 4.98 Å². The number of aromatic nitrogens is 6. The molecular weight excluding hydrogens is 504 g/mol. The number of anilines is 1. The number of allylic oxidation sites excluding steroid dienone is 1. The molecule has 4 aromatic rings. The van der Waals surface area contributed by atoms with Gasteiger partial charge in [-0.15, -0.1) is 5.10 Å². The van der Waals surface area contributed by atoms with Gasteiger partial charge in [-0.2, -0.15) is 4.68 Å². The summed E-state index contributed by atoms with van der Waals surface area (Å²) < 4.78 is 1.50. The number of rotatable bonds is 4. The van der Waals surface area contributed by atoms with Crippen LogP contribution in [0.5, 0.6) is 0 Å². The van der Waals surface area contributed by atoms with Crippen molar-refractivity contribution in [1.29, 1.82) is 0 Å². The first-order chi connectivity index (χ1) is 18.5. The zero-order valence-electron chi connectivity index (χ0n) is 20.5. The first-order valence-corrected chi connectivity index (χ1v) is 12.5. The molecule has 2 atom stereocenters. The lowest BCUT2D eigenvalue weighted by Crippen LogP contribution is -2.27. The summed E-state index contributed by atoms with van der Waals surface area (Å²) in [5.41, 5.74) is 3.62. The number of H-pyrrole nitrogens is 1. The summed E-state index contributed by atoms with van der Waals surface area (Å²) in [5.74, 6) is 0.263. The molecule has 3 heterocycles. The average Bonchev–Trinajstić information content (AvgIpc) is 3.60. The number of hydrogen-bond acceptors (Lipinski definition) is 6. The van der Waals surface area contributed by atoms with E-state index >= 15 is 0 Å². The Morgan fingerprint density at radius 3 is 2.95 bits per heavy atom. The number of hydrogen-bond donors (Lipinski definition) is 3. The molecule has 5 rings (SSSR count). The maximum Gasteiger partial charge on any atom is 0.244 e. The van der Waals surface area contributed by atoms with Gasteiger partial charge in [0.1, 0.15) is 12.2 Å². The Hall–Kier alpha value is -4.57. The minimum atomic E-state index is -0.417.